The Hall–Kier alpha value is -3.02. The fraction of sp³-hybridized carbons (Fsp3) is 0.176. The summed E-state index contributed by atoms with van der Waals surface area (Å²) in [5.74, 6) is 0.718. The van der Waals surface area contributed by atoms with E-state index in [1.807, 2.05) is 37.3 Å². The molecule has 2 N–H and O–H groups in total. The summed E-state index contributed by atoms with van der Waals surface area (Å²) < 4.78 is 0. The summed E-state index contributed by atoms with van der Waals surface area (Å²) in [5.41, 5.74) is 7.30. The minimum atomic E-state index is -0.0626. The van der Waals surface area contributed by atoms with E-state index in [4.69, 9.17) is 0 Å². The molecule has 4 rings (SSSR count). The van der Waals surface area contributed by atoms with Gasteiger partial charge in [0.2, 0.25) is 5.91 Å². The first-order chi connectivity index (χ1) is 11.2. The normalized spacial score (nSPS) is 17.9. The Labute approximate surface area is 132 Å². The smallest absolute Gasteiger partial charge is 0.243 e. The summed E-state index contributed by atoms with van der Waals surface area (Å²) in [5, 5.41) is 4.18. The monoisotopic (exact) mass is 305 g/mol. The first-order valence-corrected chi connectivity index (χ1v) is 7.47. The fourth-order valence-corrected chi connectivity index (χ4v) is 2.68. The Balaban J connectivity index is 1.73. The summed E-state index contributed by atoms with van der Waals surface area (Å²) in [6, 6.07) is 9.82. The van der Waals surface area contributed by atoms with Crippen LogP contribution >= 0.6 is 0 Å². The number of carbonyl (C=O) groups is 1. The lowest BCUT2D eigenvalue weighted by atomic mass is 9.97. The Kier molecular flexibility index (Phi) is 3.15. The molecule has 6 heteroatoms. The predicted octanol–water partition coefficient (Wildman–Crippen LogP) is 2.48. The van der Waals surface area contributed by atoms with E-state index in [0.717, 1.165) is 33.7 Å². The minimum Gasteiger partial charge on any atom is -0.338 e. The highest BCUT2D eigenvalue weighted by molar-refractivity contribution is 6.06. The van der Waals surface area contributed by atoms with Crippen LogP contribution in [0.15, 0.2) is 47.8 Å². The van der Waals surface area contributed by atoms with Crippen molar-refractivity contribution < 1.29 is 4.79 Å². The zero-order chi connectivity index (χ0) is 15.8. The highest BCUT2D eigenvalue weighted by Crippen LogP contribution is 2.22. The number of fused-ring (bicyclic) bond motifs is 1. The number of aromatic amines is 1. The molecular weight excluding hydrogens is 290 g/mol. The molecule has 0 bridgehead atoms. The van der Waals surface area contributed by atoms with Crippen LogP contribution in [0, 0.1) is 5.92 Å². The van der Waals surface area contributed by atoms with Gasteiger partial charge in [0, 0.05) is 30.3 Å². The van der Waals surface area contributed by atoms with Crippen LogP contribution in [0.1, 0.15) is 18.9 Å². The van der Waals surface area contributed by atoms with Gasteiger partial charge in [-0.3, -0.25) is 9.78 Å². The molecule has 1 amide bonds. The lowest BCUT2D eigenvalue weighted by molar-refractivity contribution is -0.124. The molecule has 6 nitrogen and oxygen atoms in total. The van der Waals surface area contributed by atoms with E-state index < -0.39 is 0 Å². The van der Waals surface area contributed by atoms with Crippen molar-refractivity contribution in [3.8, 4) is 11.4 Å². The van der Waals surface area contributed by atoms with Crippen molar-refractivity contribution in [2.45, 2.75) is 13.3 Å². The largest absolute Gasteiger partial charge is 0.338 e. The lowest BCUT2D eigenvalue weighted by Gasteiger charge is -2.17. The molecule has 0 saturated carbocycles. The molecule has 3 heterocycles. The molecule has 1 aromatic carbocycles. The SMILES string of the molecule is CC1CC(c2ccc3nc(-c4ccncc4)[nH]c3c2)=NNC1=O. The molecule has 1 unspecified atom stereocenters. The van der Waals surface area contributed by atoms with Crippen molar-refractivity contribution in [2.24, 2.45) is 11.0 Å². The summed E-state index contributed by atoms with van der Waals surface area (Å²) in [6.07, 6.45) is 4.13. The van der Waals surface area contributed by atoms with Crippen LogP contribution in [0.2, 0.25) is 0 Å². The molecule has 1 aliphatic rings. The quantitative estimate of drug-likeness (QED) is 0.763. The van der Waals surface area contributed by atoms with E-state index in [1.165, 1.54) is 0 Å². The number of rotatable bonds is 2. The number of benzene rings is 1. The van der Waals surface area contributed by atoms with Crippen LogP contribution in [0.4, 0.5) is 0 Å². The molecular formula is C17H15N5O. The van der Waals surface area contributed by atoms with Gasteiger partial charge in [-0.25, -0.2) is 10.4 Å². The second kappa shape index (κ2) is 5.31. The van der Waals surface area contributed by atoms with Gasteiger partial charge in [-0.1, -0.05) is 13.0 Å². The third-order valence-corrected chi connectivity index (χ3v) is 4.02. The third-order valence-electron chi connectivity index (χ3n) is 4.02. The van der Waals surface area contributed by atoms with E-state index in [0.29, 0.717) is 6.42 Å². The van der Waals surface area contributed by atoms with Crippen molar-refractivity contribution in [1.29, 1.82) is 0 Å². The van der Waals surface area contributed by atoms with Gasteiger partial charge in [-0.2, -0.15) is 5.10 Å². The van der Waals surface area contributed by atoms with Gasteiger partial charge in [0.05, 0.1) is 16.7 Å². The maximum atomic E-state index is 11.5. The molecule has 0 radical (unpaired) electrons. The van der Waals surface area contributed by atoms with E-state index in [2.05, 4.69) is 25.5 Å². The van der Waals surface area contributed by atoms with Crippen molar-refractivity contribution in [1.82, 2.24) is 20.4 Å². The highest BCUT2D eigenvalue weighted by atomic mass is 16.2. The van der Waals surface area contributed by atoms with Crippen LogP contribution in [0.25, 0.3) is 22.4 Å². The number of amides is 1. The Morgan fingerprint density at radius 1 is 1.13 bits per heavy atom. The third kappa shape index (κ3) is 2.48. The maximum Gasteiger partial charge on any atom is 0.243 e. The van der Waals surface area contributed by atoms with Gasteiger partial charge in [-0.05, 0) is 29.8 Å². The molecule has 1 aliphatic heterocycles. The van der Waals surface area contributed by atoms with Gasteiger partial charge < -0.3 is 4.98 Å². The van der Waals surface area contributed by atoms with Gasteiger partial charge in [0.25, 0.3) is 0 Å². The summed E-state index contributed by atoms with van der Waals surface area (Å²) in [6.45, 7) is 1.90. The molecule has 3 aromatic rings. The van der Waals surface area contributed by atoms with Crippen LogP contribution in [0.5, 0.6) is 0 Å². The Bertz CT molecular complexity index is 913. The molecule has 114 valence electrons. The number of H-pyrrole nitrogens is 1. The Morgan fingerprint density at radius 2 is 1.96 bits per heavy atom. The molecule has 0 aliphatic carbocycles. The number of nitrogens with one attached hydrogen (secondary N) is 2. The summed E-state index contributed by atoms with van der Waals surface area (Å²) in [4.78, 5) is 23.5. The van der Waals surface area contributed by atoms with E-state index in [1.54, 1.807) is 12.4 Å². The second-order valence-corrected chi connectivity index (χ2v) is 5.69. The number of carbonyl (C=O) groups excluding carboxylic acids is 1. The van der Waals surface area contributed by atoms with Crippen LogP contribution in [-0.4, -0.2) is 26.6 Å². The fourth-order valence-electron chi connectivity index (χ4n) is 2.68. The number of hydrogen-bond donors (Lipinski definition) is 2. The number of imidazole rings is 1. The molecule has 23 heavy (non-hydrogen) atoms. The summed E-state index contributed by atoms with van der Waals surface area (Å²) >= 11 is 0. The van der Waals surface area contributed by atoms with Crippen LogP contribution < -0.4 is 5.43 Å². The zero-order valence-corrected chi connectivity index (χ0v) is 12.6. The van der Waals surface area contributed by atoms with Crippen LogP contribution in [-0.2, 0) is 4.79 Å². The number of aromatic nitrogens is 3. The topological polar surface area (TPSA) is 83.0 Å². The van der Waals surface area contributed by atoms with E-state index in [9.17, 15) is 4.79 Å². The second-order valence-electron chi connectivity index (χ2n) is 5.69. The average Bonchev–Trinajstić information content (AvgIpc) is 3.01. The zero-order valence-electron chi connectivity index (χ0n) is 12.6. The van der Waals surface area contributed by atoms with Gasteiger partial charge in [0.1, 0.15) is 5.82 Å². The number of pyridine rings is 1. The maximum absolute atomic E-state index is 11.5. The van der Waals surface area contributed by atoms with Crippen molar-refractivity contribution in [3.63, 3.8) is 0 Å². The molecule has 0 fully saturated rings. The van der Waals surface area contributed by atoms with Crippen molar-refractivity contribution >= 4 is 22.7 Å². The van der Waals surface area contributed by atoms with Crippen molar-refractivity contribution in [2.75, 3.05) is 0 Å². The molecule has 2 aromatic heterocycles. The minimum absolute atomic E-state index is 0.0312. The number of nitrogens with zero attached hydrogens (tertiary/aromatic N) is 3. The van der Waals surface area contributed by atoms with Crippen LogP contribution in [0.3, 0.4) is 0 Å². The molecule has 0 spiro atoms. The summed E-state index contributed by atoms with van der Waals surface area (Å²) in [7, 11) is 0. The highest BCUT2D eigenvalue weighted by Gasteiger charge is 2.21. The first-order valence-electron chi connectivity index (χ1n) is 7.47. The average molecular weight is 305 g/mol. The van der Waals surface area contributed by atoms with E-state index >= 15 is 0 Å². The lowest BCUT2D eigenvalue weighted by Crippen LogP contribution is -2.33. The molecule has 1 atom stereocenters. The van der Waals surface area contributed by atoms with Gasteiger partial charge in [0.15, 0.2) is 0 Å². The number of hydrazone groups is 1. The van der Waals surface area contributed by atoms with E-state index in [-0.39, 0.29) is 11.8 Å². The Morgan fingerprint density at radius 3 is 2.74 bits per heavy atom. The van der Waals surface area contributed by atoms with Crippen molar-refractivity contribution in [3.05, 3.63) is 48.3 Å². The standard InChI is InChI=1S/C17H15N5O/c1-10-8-14(21-22-17(10)23)12-2-3-13-15(9-12)20-16(19-13)11-4-6-18-7-5-11/h2-7,9-10H,8H2,1H3,(H,19,20)(H,22,23). The van der Waals surface area contributed by atoms with Gasteiger partial charge >= 0.3 is 0 Å². The predicted molar refractivity (Wildman–Crippen MR) is 87.8 cm³/mol. The number of hydrogen-bond acceptors (Lipinski definition) is 4. The first kappa shape index (κ1) is 13.6. The molecule has 0 saturated heterocycles. The van der Waals surface area contributed by atoms with Gasteiger partial charge in [-0.15, -0.1) is 0 Å².